The molecule has 136 valence electrons. The molecule has 0 aliphatic heterocycles. The van der Waals surface area contributed by atoms with Crippen LogP contribution in [0.1, 0.15) is 23.2 Å². The molecule has 27 heavy (non-hydrogen) atoms. The Labute approximate surface area is 158 Å². The van der Waals surface area contributed by atoms with Crippen molar-refractivity contribution in [1.82, 2.24) is 25.1 Å². The Hall–Kier alpha value is -3.26. The first-order chi connectivity index (χ1) is 13.1. The fraction of sp³-hybridized carbons (Fsp3) is 0.167. The second-order valence-corrected chi connectivity index (χ2v) is 6.14. The first-order valence-corrected chi connectivity index (χ1v) is 8.60. The maximum absolute atomic E-state index is 12.3. The van der Waals surface area contributed by atoms with Crippen LogP contribution in [-0.2, 0) is 17.9 Å². The number of nitrogens with zero attached hydrogens (tertiary/aromatic N) is 5. The Morgan fingerprint density at radius 1 is 1.26 bits per heavy atom. The van der Waals surface area contributed by atoms with Crippen molar-refractivity contribution in [2.45, 2.75) is 20.1 Å². The van der Waals surface area contributed by atoms with Crippen LogP contribution in [0.25, 0.3) is 22.4 Å². The van der Waals surface area contributed by atoms with E-state index in [0.29, 0.717) is 34.0 Å². The fourth-order valence-electron chi connectivity index (χ4n) is 2.60. The van der Waals surface area contributed by atoms with Gasteiger partial charge in [-0.1, -0.05) is 34.1 Å². The summed E-state index contributed by atoms with van der Waals surface area (Å²) >= 11 is 5.96. The van der Waals surface area contributed by atoms with Crippen molar-refractivity contribution in [1.29, 1.82) is 0 Å². The topological polar surface area (TPSA) is 95.9 Å². The number of esters is 1. The van der Waals surface area contributed by atoms with Crippen LogP contribution in [0.2, 0.25) is 5.02 Å². The Kier molecular flexibility index (Phi) is 4.55. The lowest BCUT2D eigenvalue weighted by Gasteiger charge is -2.02. The maximum atomic E-state index is 12.3. The SMILES string of the molecule is CCn1nnc2cc(C(=O)OCc3nc(-c4cccc(Cl)c4)no3)ccc21. The molecule has 0 aliphatic rings. The van der Waals surface area contributed by atoms with Gasteiger partial charge in [0.25, 0.3) is 5.89 Å². The summed E-state index contributed by atoms with van der Waals surface area (Å²) in [6.45, 7) is 2.54. The lowest BCUT2D eigenvalue weighted by molar-refractivity contribution is 0.0430. The van der Waals surface area contributed by atoms with Gasteiger partial charge < -0.3 is 9.26 Å². The molecule has 0 spiro atoms. The van der Waals surface area contributed by atoms with Gasteiger partial charge in [0.2, 0.25) is 5.82 Å². The molecule has 0 bridgehead atoms. The molecule has 0 unspecified atom stereocenters. The van der Waals surface area contributed by atoms with Gasteiger partial charge in [0.1, 0.15) is 5.52 Å². The molecule has 8 nitrogen and oxygen atoms in total. The van der Waals surface area contributed by atoms with Crippen LogP contribution in [0.15, 0.2) is 47.0 Å². The number of rotatable bonds is 5. The first kappa shape index (κ1) is 17.2. The number of carbonyl (C=O) groups excluding carboxylic acids is 1. The average molecular weight is 384 g/mol. The monoisotopic (exact) mass is 383 g/mol. The second kappa shape index (κ2) is 7.16. The highest BCUT2D eigenvalue weighted by atomic mass is 35.5. The molecule has 2 heterocycles. The summed E-state index contributed by atoms with van der Waals surface area (Å²) in [5.41, 5.74) is 2.58. The van der Waals surface area contributed by atoms with E-state index in [1.54, 1.807) is 41.1 Å². The Bertz CT molecular complexity index is 1120. The van der Waals surface area contributed by atoms with Gasteiger partial charge in [0.15, 0.2) is 6.61 Å². The minimum absolute atomic E-state index is 0.133. The van der Waals surface area contributed by atoms with Crippen LogP contribution in [0, 0.1) is 0 Å². The average Bonchev–Trinajstić information content (AvgIpc) is 3.32. The summed E-state index contributed by atoms with van der Waals surface area (Å²) in [6.07, 6.45) is 0. The molecule has 4 aromatic rings. The third-order valence-corrected chi connectivity index (χ3v) is 4.16. The largest absolute Gasteiger partial charge is 0.452 e. The van der Waals surface area contributed by atoms with Crippen molar-refractivity contribution in [3.05, 3.63) is 58.9 Å². The molecule has 0 N–H and O–H groups in total. The molecule has 0 saturated heterocycles. The van der Waals surface area contributed by atoms with Gasteiger partial charge in [-0.25, -0.2) is 9.48 Å². The number of halogens is 1. The van der Waals surface area contributed by atoms with Crippen molar-refractivity contribution in [2.75, 3.05) is 0 Å². The predicted molar refractivity (Wildman–Crippen MR) is 97.1 cm³/mol. The quantitative estimate of drug-likeness (QED) is 0.486. The third-order valence-electron chi connectivity index (χ3n) is 3.93. The minimum Gasteiger partial charge on any atom is -0.452 e. The van der Waals surface area contributed by atoms with Crippen molar-refractivity contribution >= 4 is 28.6 Å². The summed E-state index contributed by atoms with van der Waals surface area (Å²) in [5, 5.41) is 12.5. The number of aromatic nitrogens is 5. The molecule has 9 heteroatoms. The van der Waals surface area contributed by atoms with Crippen LogP contribution < -0.4 is 0 Å². The lowest BCUT2D eigenvalue weighted by Crippen LogP contribution is -2.05. The number of aryl methyl sites for hydroxylation is 1. The van der Waals surface area contributed by atoms with Gasteiger partial charge in [0.05, 0.1) is 11.1 Å². The molecule has 0 fully saturated rings. The van der Waals surface area contributed by atoms with Gasteiger partial charge in [0, 0.05) is 17.1 Å². The summed E-state index contributed by atoms with van der Waals surface area (Å²) in [6, 6.07) is 12.2. The van der Waals surface area contributed by atoms with Crippen molar-refractivity contribution in [2.24, 2.45) is 0 Å². The number of benzene rings is 2. The van der Waals surface area contributed by atoms with E-state index in [-0.39, 0.29) is 12.5 Å². The van der Waals surface area contributed by atoms with Crippen LogP contribution in [-0.4, -0.2) is 31.1 Å². The predicted octanol–water partition coefficient (Wildman–Crippen LogP) is 3.51. The highest BCUT2D eigenvalue weighted by Gasteiger charge is 2.14. The van der Waals surface area contributed by atoms with Gasteiger partial charge in [-0.3, -0.25) is 0 Å². The zero-order valence-corrected chi connectivity index (χ0v) is 15.1. The summed E-state index contributed by atoms with van der Waals surface area (Å²) in [5.74, 6) is 0.0583. The molecular weight excluding hydrogens is 370 g/mol. The van der Waals surface area contributed by atoms with Gasteiger partial charge in [-0.2, -0.15) is 4.98 Å². The second-order valence-electron chi connectivity index (χ2n) is 5.71. The van der Waals surface area contributed by atoms with E-state index >= 15 is 0 Å². The number of fused-ring (bicyclic) bond motifs is 1. The van der Waals surface area contributed by atoms with E-state index in [2.05, 4.69) is 20.5 Å². The minimum atomic E-state index is -0.509. The van der Waals surface area contributed by atoms with E-state index in [0.717, 1.165) is 5.52 Å². The molecule has 0 amide bonds. The van der Waals surface area contributed by atoms with Gasteiger partial charge in [-0.05, 0) is 37.3 Å². The zero-order chi connectivity index (χ0) is 18.8. The van der Waals surface area contributed by atoms with Gasteiger partial charge >= 0.3 is 5.97 Å². The van der Waals surface area contributed by atoms with Gasteiger partial charge in [-0.15, -0.1) is 5.10 Å². The normalized spacial score (nSPS) is 11.0. The van der Waals surface area contributed by atoms with Crippen LogP contribution in [0.5, 0.6) is 0 Å². The molecule has 2 aromatic carbocycles. The molecule has 2 aromatic heterocycles. The van der Waals surface area contributed by atoms with E-state index in [4.69, 9.17) is 20.9 Å². The van der Waals surface area contributed by atoms with E-state index < -0.39 is 5.97 Å². The zero-order valence-electron chi connectivity index (χ0n) is 14.3. The van der Waals surface area contributed by atoms with E-state index in [1.165, 1.54) is 0 Å². The van der Waals surface area contributed by atoms with Crippen LogP contribution in [0.4, 0.5) is 0 Å². The van der Waals surface area contributed by atoms with Crippen molar-refractivity contribution < 1.29 is 14.1 Å². The lowest BCUT2D eigenvalue weighted by atomic mass is 10.2. The standard InChI is InChI=1S/C18H14ClN5O3/c1-2-24-15-7-6-12(9-14(15)21-23-24)18(25)26-10-16-20-17(22-27-16)11-4-3-5-13(19)8-11/h3-9H,2,10H2,1H3. The molecule has 0 radical (unpaired) electrons. The molecule has 0 saturated carbocycles. The summed E-state index contributed by atoms with van der Waals surface area (Å²) in [4.78, 5) is 16.5. The van der Waals surface area contributed by atoms with Crippen LogP contribution in [0.3, 0.4) is 0 Å². The number of carbonyl (C=O) groups is 1. The van der Waals surface area contributed by atoms with E-state index in [9.17, 15) is 4.79 Å². The smallest absolute Gasteiger partial charge is 0.338 e. The van der Waals surface area contributed by atoms with Crippen molar-refractivity contribution in [3.63, 3.8) is 0 Å². The van der Waals surface area contributed by atoms with Crippen molar-refractivity contribution in [3.8, 4) is 11.4 Å². The number of ether oxygens (including phenoxy) is 1. The molecule has 4 rings (SSSR count). The van der Waals surface area contributed by atoms with E-state index in [1.807, 2.05) is 13.0 Å². The third kappa shape index (κ3) is 3.52. The highest BCUT2D eigenvalue weighted by molar-refractivity contribution is 6.30. The molecule has 0 atom stereocenters. The Morgan fingerprint density at radius 2 is 2.15 bits per heavy atom. The summed E-state index contributed by atoms with van der Waals surface area (Å²) < 4.78 is 12.1. The Morgan fingerprint density at radius 3 is 2.96 bits per heavy atom. The first-order valence-electron chi connectivity index (χ1n) is 8.23. The maximum Gasteiger partial charge on any atom is 0.338 e. The summed E-state index contributed by atoms with van der Waals surface area (Å²) in [7, 11) is 0. The molecule has 0 aliphatic carbocycles. The fourth-order valence-corrected chi connectivity index (χ4v) is 2.79. The number of hydrogen-bond donors (Lipinski definition) is 0. The highest BCUT2D eigenvalue weighted by Crippen LogP contribution is 2.20. The Balaban J connectivity index is 1.45. The van der Waals surface area contributed by atoms with Crippen LogP contribution >= 0.6 is 11.6 Å². The number of hydrogen-bond acceptors (Lipinski definition) is 7. The molecular formula is C18H14ClN5O3.